The molecule has 6 nitrogen and oxygen atoms in total. The normalized spacial score (nSPS) is 24.4. The Kier molecular flexibility index (Phi) is 5.18. The van der Waals surface area contributed by atoms with Gasteiger partial charge >= 0.3 is 0 Å². The van der Waals surface area contributed by atoms with Gasteiger partial charge in [0, 0.05) is 18.1 Å². The molecule has 0 aliphatic carbocycles. The van der Waals surface area contributed by atoms with Gasteiger partial charge in [-0.25, -0.2) is 0 Å². The van der Waals surface area contributed by atoms with E-state index in [9.17, 15) is 9.59 Å². The van der Waals surface area contributed by atoms with E-state index in [1.807, 2.05) is 18.2 Å². The van der Waals surface area contributed by atoms with Crippen molar-refractivity contribution < 1.29 is 19.1 Å². The Labute approximate surface area is 145 Å². The molecule has 0 spiro atoms. The molecule has 24 heavy (non-hydrogen) atoms. The zero-order valence-corrected chi connectivity index (χ0v) is 13.9. The number of benzene rings is 1. The molecule has 1 aromatic rings. The third-order valence-electron chi connectivity index (χ3n) is 4.19. The van der Waals surface area contributed by atoms with Crippen LogP contribution in [0, 0.1) is 0 Å². The average Bonchev–Trinajstić information content (AvgIpc) is 2.61. The van der Waals surface area contributed by atoms with Gasteiger partial charge in [0.2, 0.25) is 11.8 Å². The fraction of sp³-hybridized carbons (Fsp3) is 0.412. The number of morpholine rings is 2. The lowest BCUT2D eigenvalue weighted by Gasteiger charge is -2.36. The molecule has 0 radical (unpaired) electrons. The molecule has 7 heteroatoms. The first-order valence-corrected chi connectivity index (χ1v) is 8.15. The molecule has 2 saturated heterocycles. The molecule has 3 rings (SSSR count). The minimum absolute atomic E-state index is 0.0279. The van der Waals surface area contributed by atoms with Crippen molar-refractivity contribution in [1.82, 2.24) is 10.2 Å². The third-order valence-corrected chi connectivity index (χ3v) is 4.40. The predicted octanol–water partition coefficient (Wildman–Crippen LogP) is 1.61. The van der Waals surface area contributed by atoms with Gasteiger partial charge in [-0.05, 0) is 29.3 Å². The smallest absolute Gasteiger partial charge is 0.246 e. The molecule has 2 aliphatic rings. The number of hydrogen-bond donors (Lipinski definition) is 1. The number of nitrogens with zero attached hydrogens (tertiary/aromatic N) is 1. The molecule has 1 N–H and O–H groups in total. The molecule has 0 aromatic heterocycles. The molecular weight excluding hydrogens is 332 g/mol. The van der Waals surface area contributed by atoms with Gasteiger partial charge in [0.05, 0.1) is 19.3 Å². The molecule has 1 aromatic carbocycles. The van der Waals surface area contributed by atoms with Crippen LogP contribution in [-0.2, 0) is 19.1 Å². The summed E-state index contributed by atoms with van der Waals surface area (Å²) in [7, 11) is 0. The molecule has 2 heterocycles. The molecule has 2 atom stereocenters. The van der Waals surface area contributed by atoms with Gasteiger partial charge in [0.25, 0.3) is 0 Å². The number of hydrogen-bond acceptors (Lipinski definition) is 4. The summed E-state index contributed by atoms with van der Waals surface area (Å²) in [5, 5.41) is 3.33. The quantitative estimate of drug-likeness (QED) is 0.841. The van der Waals surface area contributed by atoms with E-state index in [4.69, 9.17) is 21.1 Å². The second-order valence-electron chi connectivity index (χ2n) is 5.75. The monoisotopic (exact) mass is 350 g/mol. The van der Waals surface area contributed by atoms with Crippen LogP contribution in [0.3, 0.4) is 0 Å². The highest BCUT2D eigenvalue weighted by Crippen LogP contribution is 2.31. The van der Waals surface area contributed by atoms with Gasteiger partial charge in [-0.1, -0.05) is 24.2 Å². The van der Waals surface area contributed by atoms with E-state index in [2.05, 4.69) is 11.9 Å². The maximum Gasteiger partial charge on any atom is 0.246 e. The van der Waals surface area contributed by atoms with Crippen LogP contribution in [0.15, 0.2) is 30.9 Å². The molecule has 2 aliphatic heterocycles. The second kappa shape index (κ2) is 7.34. The maximum absolute atomic E-state index is 12.1. The van der Waals surface area contributed by atoms with Crippen LogP contribution in [-0.4, -0.2) is 49.6 Å². The van der Waals surface area contributed by atoms with Gasteiger partial charge in [-0.2, -0.15) is 0 Å². The van der Waals surface area contributed by atoms with Crippen molar-refractivity contribution in [3.05, 3.63) is 47.0 Å². The molecule has 128 valence electrons. The first kappa shape index (κ1) is 17.0. The summed E-state index contributed by atoms with van der Waals surface area (Å²) in [5.41, 5.74) is 1.75. The standard InChI is InChI=1S/C17H19ClN2O4/c1-2-17(22)20-3-4-23-9-14(20)11-5-12(7-13(18)6-11)15-8-19-16(21)10-24-15/h2,5-7,14-15H,1,3-4,8-10H2,(H,19,21)/t14-,15-/m0/s1. The number of rotatable bonds is 3. The fourth-order valence-electron chi connectivity index (χ4n) is 2.98. The molecular formula is C17H19ClN2O4. The van der Waals surface area contributed by atoms with Crippen LogP contribution in [0.4, 0.5) is 0 Å². The van der Waals surface area contributed by atoms with Crippen LogP contribution in [0.25, 0.3) is 0 Å². The Balaban J connectivity index is 1.88. The number of carbonyl (C=O) groups excluding carboxylic acids is 2. The minimum Gasteiger partial charge on any atom is -0.377 e. The van der Waals surface area contributed by atoms with Crippen molar-refractivity contribution >= 4 is 23.4 Å². The summed E-state index contributed by atoms with van der Waals surface area (Å²) < 4.78 is 11.1. The number of amides is 2. The molecule has 0 unspecified atom stereocenters. The lowest BCUT2D eigenvalue weighted by molar-refractivity contribution is -0.135. The highest BCUT2D eigenvalue weighted by molar-refractivity contribution is 6.30. The highest BCUT2D eigenvalue weighted by Gasteiger charge is 2.29. The first-order valence-electron chi connectivity index (χ1n) is 7.78. The van der Waals surface area contributed by atoms with Gasteiger partial charge in [0.15, 0.2) is 0 Å². The van der Waals surface area contributed by atoms with Gasteiger partial charge in [-0.15, -0.1) is 0 Å². The van der Waals surface area contributed by atoms with Crippen molar-refractivity contribution in [3.63, 3.8) is 0 Å². The van der Waals surface area contributed by atoms with Crippen molar-refractivity contribution in [2.24, 2.45) is 0 Å². The van der Waals surface area contributed by atoms with Gasteiger partial charge in [0.1, 0.15) is 12.7 Å². The van der Waals surface area contributed by atoms with Crippen LogP contribution < -0.4 is 5.32 Å². The number of carbonyl (C=O) groups is 2. The predicted molar refractivity (Wildman–Crippen MR) is 88.6 cm³/mol. The zero-order valence-electron chi connectivity index (χ0n) is 13.2. The van der Waals surface area contributed by atoms with E-state index in [1.165, 1.54) is 6.08 Å². The summed E-state index contributed by atoms with van der Waals surface area (Å²) >= 11 is 6.27. The van der Waals surface area contributed by atoms with E-state index >= 15 is 0 Å². The van der Waals surface area contributed by atoms with Gasteiger partial charge < -0.3 is 19.7 Å². The lowest BCUT2D eigenvalue weighted by atomic mass is 9.99. The van der Waals surface area contributed by atoms with Crippen molar-refractivity contribution in [1.29, 1.82) is 0 Å². The summed E-state index contributed by atoms with van der Waals surface area (Å²) in [6.07, 6.45) is 1.05. The van der Waals surface area contributed by atoms with Crippen LogP contribution in [0.2, 0.25) is 5.02 Å². The summed E-state index contributed by atoms with van der Waals surface area (Å²) in [6.45, 7) is 5.40. The number of ether oxygens (including phenoxy) is 2. The maximum atomic E-state index is 12.1. The topological polar surface area (TPSA) is 67.9 Å². The summed E-state index contributed by atoms with van der Waals surface area (Å²) in [6, 6.07) is 5.38. The minimum atomic E-state index is -0.256. The fourth-order valence-corrected chi connectivity index (χ4v) is 3.23. The SMILES string of the molecule is C=CC(=O)N1CCOC[C@H]1c1cc(Cl)cc([C@@H]2CNC(=O)CO2)c1. The van der Waals surface area contributed by atoms with E-state index in [0.717, 1.165) is 11.1 Å². The second-order valence-corrected chi connectivity index (χ2v) is 6.18. The van der Waals surface area contributed by atoms with Gasteiger partial charge in [-0.3, -0.25) is 9.59 Å². The molecule has 0 bridgehead atoms. The van der Waals surface area contributed by atoms with Crippen molar-refractivity contribution in [2.75, 3.05) is 32.9 Å². The zero-order chi connectivity index (χ0) is 17.1. The Hall–Kier alpha value is -1.89. The van der Waals surface area contributed by atoms with Crippen molar-refractivity contribution in [2.45, 2.75) is 12.1 Å². The van der Waals surface area contributed by atoms with Crippen LogP contribution in [0.5, 0.6) is 0 Å². The largest absolute Gasteiger partial charge is 0.377 e. The van der Waals surface area contributed by atoms with Crippen molar-refractivity contribution in [3.8, 4) is 0 Å². The summed E-state index contributed by atoms with van der Waals surface area (Å²) in [4.78, 5) is 25.1. The Morgan fingerprint density at radius 1 is 1.38 bits per heavy atom. The third kappa shape index (κ3) is 3.61. The van der Waals surface area contributed by atoms with Crippen LogP contribution in [0.1, 0.15) is 23.3 Å². The van der Waals surface area contributed by atoms with E-state index in [1.54, 1.807) is 4.90 Å². The molecule has 2 fully saturated rings. The van der Waals surface area contributed by atoms with E-state index in [0.29, 0.717) is 31.3 Å². The number of halogens is 1. The van der Waals surface area contributed by atoms with Crippen LogP contribution >= 0.6 is 11.6 Å². The Morgan fingerprint density at radius 2 is 2.17 bits per heavy atom. The summed E-state index contributed by atoms with van der Waals surface area (Å²) in [5.74, 6) is -0.261. The van der Waals surface area contributed by atoms with E-state index < -0.39 is 0 Å². The Morgan fingerprint density at radius 3 is 2.88 bits per heavy atom. The molecule has 2 amide bonds. The number of nitrogens with one attached hydrogen (secondary N) is 1. The first-order chi connectivity index (χ1) is 11.6. The average molecular weight is 351 g/mol. The Bertz CT molecular complexity index is 654. The highest BCUT2D eigenvalue weighted by atomic mass is 35.5. The molecule has 0 saturated carbocycles. The van der Waals surface area contributed by atoms with E-state index in [-0.39, 0.29) is 30.6 Å². The lowest BCUT2D eigenvalue weighted by Crippen LogP contribution is -2.42.